The van der Waals surface area contributed by atoms with Gasteiger partial charge in [-0.05, 0) is 43.2 Å². The number of aliphatic hydroxyl groups excluding tert-OH is 1. The van der Waals surface area contributed by atoms with Crippen LogP contribution >= 0.6 is 23.4 Å². The number of rotatable bonds is 7. The molecule has 1 aromatic heterocycles. The quantitative estimate of drug-likeness (QED) is 0.226. The first kappa shape index (κ1) is 33.4. The molecule has 10 nitrogen and oxygen atoms in total. The molecule has 0 saturated carbocycles. The number of anilines is 1. The van der Waals surface area contributed by atoms with Crippen LogP contribution in [0.25, 0.3) is 11.1 Å². The van der Waals surface area contributed by atoms with Gasteiger partial charge in [0.05, 0.1) is 29.4 Å². The number of nitrogen functional groups attached to an aromatic ring is 1. The van der Waals surface area contributed by atoms with Crippen LogP contribution in [0.15, 0.2) is 76.3 Å². The highest BCUT2D eigenvalue weighted by molar-refractivity contribution is 7.99. The van der Waals surface area contributed by atoms with Crippen LogP contribution in [-0.4, -0.2) is 35.0 Å². The Morgan fingerprint density at radius 3 is 2.30 bits per heavy atom. The molecule has 224 valence electrons. The third-order valence-electron chi connectivity index (χ3n) is 6.10. The Kier molecular flexibility index (Phi) is 11.7. The fourth-order valence-electron chi connectivity index (χ4n) is 4.32. The SMILES string of the molecule is CCO.CCOC(=O)C1=C(CSc2nc(N)c(C#N)c(-c3ccc(F)cc3)c2C#N)OC(N)=C(C#N)C1c1ccccc1Cl. The molecule has 0 spiro atoms. The molecule has 2 aromatic carbocycles. The molecule has 13 heteroatoms. The van der Waals surface area contributed by atoms with E-state index in [9.17, 15) is 25.0 Å². The third kappa shape index (κ3) is 7.11. The molecule has 0 saturated heterocycles. The van der Waals surface area contributed by atoms with Gasteiger partial charge < -0.3 is 26.0 Å². The molecular formula is C31H26ClFN6O4S. The predicted molar refractivity (Wildman–Crippen MR) is 163 cm³/mol. The van der Waals surface area contributed by atoms with Crippen molar-refractivity contribution in [3.8, 4) is 29.3 Å². The van der Waals surface area contributed by atoms with E-state index in [0.717, 1.165) is 11.8 Å². The summed E-state index contributed by atoms with van der Waals surface area (Å²) in [5.41, 5.74) is 13.2. The fourth-order valence-corrected chi connectivity index (χ4v) is 5.50. The lowest BCUT2D eigenvalue weighted by molar-refractivity contribution is -0.139. The lowest BCUT2D eigenvalue weighted by Crippen LogP contribution is -2.27. The van der Waals surface area contributed by atoms with E-state index in [2.05, 4.69) is 11.1 Å². The molecule has 0 radical (unpaired) electrons. The monoisotopic (exact) mass is 632 g/mol. The zero-order chi connectivity index (χ0) is 32.4. The van der Waals surface area contributed by atoms with Gasteiger partial charge in [-0.15, -0.1) is 0 Å². The van der Waals surface area contributed by atoms with Gasteiger partial charge in [0.1, 0.15) is 51.8 Å². The van der Waals surface area contributed by atoms with Crippen molar-refractivity contribution in [3.63, 3.8) is 0 Å². The molecule has 1 aliphatic heterocycles. The molecule has 0 aliphatic carbocycles. The van der Waals surface area contributed by atoms with Gasteiger partial charge in [0, 0.05) is 17.2 Å². The zero-order valence-corrected chi connectivity index (χ0v) is 25.2. The maximum atomic E-state index is 13.6. The average Bonchev–Trinajstić information content (AvgIpc) is 3.00. The molecule has 4 rings (SSSR count). The first-order valence-corrected chi connectivity index (χ1v) is 14.4. The van der Waals surface area contributed by atoms with E-state index in [0.29, 0.717) is 16.1 Å². The minimum Gasteiger partial charge on any atom is -0.463 e. The molecule has 0 fully saturated rings. The van der Waals surface area contributed by atoms with Gasteiger partial charge in [-0.2, -0.15) is 15.8 Å². The summed E-state index contributed by atoms with van der Waals surface area (Å²) in [6.45, 7) is 3.61. The van der Waals surface area contributed by atoms with Crippen LogP contribution in [0, 0.1) is 39.8 Å². The lowest BCUT2D eigenvalue weighted by atomic mass is 9.83. The first-order valence-electron chi connectivity index (χ1n) is 13.0. The van der Waals surface area contributed by atoms with E-state index in [-0.39, 0.29) is 69.3 Å². The normalized spacial score (nSPS) is 13.9. The largest absolute Gasteiger partial charge is 0.463 e. The summed E-state index contributed by atoms with van der Waals surface area (Å²) in [7, 11) is 0. The Morgan fingerprint density at radius 1 is 1.09 bits per heavy atom. The van der Waals surface area contributed by atoms with Gasteiger partial charge in [0.25, 0.3) is 0 Å². The molecule has 0 bridgehead atoms. The van der Waals surface area contributed by atoms with Crippen LogP contribution in [0.3, 0.4) is 0 Å². The molecular weight excluding hydrogens is 607 g/mol. The number of esters is 1. The second-order valence-electron chi connectivity index (χ2n) is 8.77. The van der Waals surface area contributed by atoms with Crippen LogP contribution in [0.2, 0.25) is 5.02 Å². The summed E-state index contributed by atoms with van der Waals surface area (Å²) in [6, 6.07) is 18.0. The number of nitriles is 3. The van der Waals surface area contributed by atoms with E-state index in [1.807, 2.05) is 12.1 Å². The van der Waals surface area contributed by atoms with Crippen molar-refractivity contribution in [2.75, 3.05) is 24.7 Å². The van der Waals surface area contributed by atoms with Crippen molar-refractivity contribution in [1.82, 2.24) is 4.98 Å². The second kappa shape index (κ2) is 15.4. The smallest absolute Gasteiger partial charge is 0.338 e. The van der Waals surface area contributed by atoms with Crippen LogP contribution in [0.1, 0.15) is 36.5 Å². The summed E-state index contributed by atoms with van der Waals surface area (Å²) in [4.78, 5) is 17.5. The van der Waals surface area contributed by atoms with Crippen molar-refractivity contribution < 1.29 is 23.8 Å². The maximum Gasteiger partial charge on any atom is 0.338 e. The number of allylic oxidation sites excluding steroid dienone is 1. The summed E-state index contributed by atoms with van der Waals surface area (Å²) >= 11 is 7.46. The number of hydrogen-bond acceptors (Lipinski definition) is 11. The van der Waals surface area contributed by atoms with E-state index in [4.69, 9.17) is 37.6 Å². The number of thioether (sulfide) groups is 1. The number of benzene rings is 2. The standard InChI is InChI=1S/C29H20ClFN6O3S.C2H6O/c1-2-39-29(38)25-22(40-27(36)19(12-33)24(25)17-5-3-4-6-21(17)30)14-41-28-20(13-34)23(18(11-32)26(35)37-28)15-7-9-16(31)10-8-15;1-2-3/h3-10,24H,2,14,36H2,1H3,(H2,35,37);3H,2H2,1H3. The lowest BCUT2D eigenvalue weighted by Gasteiger charge is -2.28. The van der Waals surface area contributed by atoms with Crippen molar-refractivity contribution in [1.29, 1.82) is 15.8 Å². The number of ether oxygens (including phenoxy) is 2. The van der Waals surface area contributed by atoms with Crippen LogP contribution < -0.4 is 11.5 Å². The minimum atomic E-state index is -0.985. The third-order valence-corrected chi connectivity index (χ3v) is 7.42. The van der Waals surface area contributed by atoms with Gasteiger partial charge in [-0.1, -0.05) is 53.7 Å². The number of aliphatic hydroxyl groups is 1. The highest BCUT2D eigenvalue weighted by Crippen LogP contribution is 2.44. The summed E-state index contributed by atoms with van der Waals surface area (Å²) < 4.78 is 24.7. The summed E-state index contributed by atoms with van der Waals surface area (Å²) in [5.74, 6) is -2.62. The van der Waals surface area contributed by atoms with Crippen molar-refractivity contribution >= 4 is 35.1 Å². The summed E-state index contributed by atoms with van der Waals surface area (Å²) in [5, 5.41) is 37.7. The second-order valence-corrected chi connectivity index (χ2v) is 10.1. The molecule has 2 heterocycles. The van der Waals surface area contributed by atoms with Crippen LogP contribution in [-0.2, 0) is 14.3 Å². The van der Waals surface area contributed by atoms with Gasteiger partial charge in [0.2, 0.25) is 5.88 Å². The Morgan fingerprint density at radius 2 is 1.73 bits per heavy atom. The Balaban J connectivity index is 0.00000169. The number of nitrogens with zero attached hydrogens (tertiary/aromatic N) is 4. The Labute approximate surface area is 262 Å². The van der Waals surface area contributed by atoms with Gasteiger partial charge >= 0.3 is 5.97 Å². The number of halogens is 2. The van der Waals surface area contributed by atoms with E-state index in [1.54, 1.807) is 38.1 Å². The number of pyridine rings is 1. The number of nitrogens with two attached hydrogens (primary N) is 2. The Hall–Kier alpha value is -5.06. The number of carbonyl (C=O) groups is 1. The molecule has 0 amide bonds. The molecule has 1 aliphatic rings. The Bertz CT molecular complexity index is 1760. The topological polar surface area (TPSA) is 192 Å². The number of aromatic nitrogens is 1. The van der Waals surface area contributed by atoms with Crippen molar-refractivity contribution in [3.05, 3.63) is 98.8 Å². The number of hydrogen-bond donors (Lipinski definition) is 3. The molecule has 1 atom stereocenters. The average molecular weight is 633 g/mol. The van der Waals surface area contributed by atoms with Gasteiger partial charge in [-0.25, -0.2) is 14.2 Å². The van der Waals surface area contributed by atoms with E-state index >= 15 is 0 Å². The predicted octanol–water partition coefficient (Wildman–Crippen LogP) is 5.28. The van der Waals surface area contributed by atoms with Gasteiger partial charge in [0.15, 0.2) is 0 Å². The van der Waals surface area contributed by atoms with Crippen molar-refractivity contribution in [2.45, 2.75) is 24.8 Å². The first-order chi connectivity index (χ1) is 21.2. The van der Waals surface area contributed by atoms with Crippen LogP contribution in [0.5, 0.6) is 0 Å². The molecule has 44 heavy (non-hydrogen) atoms. The molecule has 1 unspecified atom stereocenters. The highest BCUT2D eigenvalue weighted by atomic mass is 35.5. The summed E-state index contributed by atoms with van der Waals surface area (Å²) in [6.07, 6.45) is 0. The number of carbonyl (C=O) groups excluding carboxylic acids is 1. The van der Waals surface area contributed by atoms with E-state index < -0.39 is 17.7 Å². The highest BCUT2D eigenvalue weighted by Gasteiger charge is 2.38. The minimum absolute atomic E-state index is 0.0112. The van der Waals surface area contributed by atoms with Gasteiger partial charge in [-0.3, -0.25) is 0 Å². The maximum absolute atomic E-state index is 13.6. The van der Waals surface area contributed by atoms with E-state index in [1.165, 1.54) is 24.3 Å². The van der Waals surface area contributed by atoms with Crippen molar-refractivity contribution in [2.24, 2.45) is 5.73 Å². The zero-order valence-electron chi connectivity index (χ0n) is 23.6. The molecule has 3 aromatic rings. The van der Waals surface area contributed by atoms with Crippen LogP contribution in [0.4, 0.5) is 10.2 Å². The molecule has 5 N–H and O–H groups in total. The fraction of sp³-hybridized carbons (Fsp3) is 0.194.